The predicted octanol–water partition coefficient (Wildman–Crippen LogP) is 15.0. The van der Waals surface area contributed by atoms with Crippen LogP contribution in [0.1, 0.15) is 22.3 Å². The van der Waals surface area contributed by atoms with Crippen molar-refractivity contribution in [1.82, 2.24) is 0 Å². The lowest BCUT2D eigenvalue weighted by atomic mass is 9.70. The first kappa shape index (κ1) is 32.0. The van der Waals surface area contributed by atoms with Gasteiger partial charge in [-0.1, -0.05) is 206 Å². The first-order valence-corrected chi connectivity index (χ1v) is 19.9. The van der Waals surface area contributed by atoms with Gasteiger partial charge in [-0.05, 0) is 123 Å². The van der Waals surface area contributed by atoms with Gasteiger partial charge in [-0.25, -0.2) is 0 Å². The fourth-order valence-electron chi connectivity index (χ4n) is 10.1. The zero-order valence-corrected chi connectivity index (χ0v) is 31.3. The van der Waals surface area contributed by atoms with Crippen molar-refractivity contribution >= 4 is 21.5 Å². The van der Waals surface area contributed by atoms with Gasteiger partial charge < -0.3 is 0 Å². The second kappa shape index (κ2) is 12.4. The summed E-state index contributed by atoms with van der Waals surface area (Å²) < 4.78 is 0. The average Bonchev–Trinajstić information content (AvgIpc) is 3.75. The lowest BCUT2D eigenvalue weighted by Crippen LogP contribution is -2.26. The minimum Gasteiger partial charge on any atom is -0.0619 e. The minimum absolute atomic E-state index is 0.435. The zero-order chi connectivity index (χ0) is 37.5. The van der Waals surface area contributed by atoms with Crippen molar-refractivity contribution in [3.63, 3.8) is 0 Å². The molecule has 2 aliphatic carbocycles. The van der Waals surface area contributed by atoms with E-state index >= 15 is 0 Å². The van der Waals surface area contributed by atoms with Crippen LogP contribution in [0.2, 0.25) is 0 Å². The molecule has 0 bridgehead atoms. The van der Waals surface area contributed by atoms with Gasteiger partial charge in [0.2, 0.25) is 0 Å². The van der Waals surface area contributed by atoms with E-state index < -0.39 is 5.41 Å². The molecule has 0 atom stereocenters. The Labute approximate surface area is 333 Å². The lowest BCUT2D eigenvalue weighted by molar-refractivity contribution is 0.794. The molecule has 2 aliphatic rings. The zero-order valence-electron chi connectivity index (χ0n) is 31.3. The number of hydrogen-bond donors (Lipinski definition) is 0. The van der Waals surface area contributed by atoms with Crippen LogP contribution in [0.15, 0.2) is 218 Å². The molecule has 0 nitrogen and oxygen atoms in total. The molecule has 0 N–H and O–H groups in total. The smallest absolute Gasteiger partial charge is 0.0619 e. The Morgan fingerprint density at radius 2 is 0.544 bits per heavy atom. The van der Waals surface area contributed by atoms with Crippen LogP contribution in [0.25, 0.3) is 88.3 Å². The van der Waals surface area contributed by atoms with E-state index in [2.05, 4.69) is 218 Å². The summed E-state index contributed by atoms with van der Waals surface area (Å²) in [6.07, 6.45) is 0. The maximum absolute atomic E-state index is 2.49. The summed E-state index contributed by atoms with van der Waals surface area (Å²) in [5.74, 6) is 0. The van der Waals surface area contributed by atoms with Gasteiger partial charge in [0.1, 0.15) is 0 Å². The van der Waals surface area contributed by atoms with Gasteiger partial charge in [0.05, 0.1) is 5.41 Å². The molecule has 0 amide bonds. The van der Waals surface area contributed by atoms with Gasteiger partial charge in [-0.3, -0.25) is 0 Å². The maximum atomic E-state index is 2.49. The Balaban J connectivity index is 1.00. The van der Waals surface area contributed by atoms with Crippen LogP contribution in [0.4, 0.5) is 0 Å². The lowest BCUT2D eigenvalue weighted by Gasteiger charge is -2.31. The third kappa shape index (κ3) is 4.68. The molecule has 264 valence electrons. The summed E-state index contributed by atoms with van der Waals surface area (Å²) in [6, 6.07) is 81.3. The largest absolute Gasteiger partial charge is 0.0725 e. The number of fused-ring (bicyclic) bond motifs is 12. The Bertz CT molecular complexity index is 2990. The molecule has 0 aliphatic heterocycles. The third-order valence-corrected chi connectivity index (χ3v) is 12.7. The molecule has 0 saturated heterocycles. The molecule has 0 radical (unpaired) electrons. The van der Waals surface area contributed by atoms with E-state index in [1.54, 1.807) is 0 Å². The van der Waals surface area contributed by atoms with Gasteiger partial charge in [0.25, 0.3) is 0 Å². The molecule has 0 heteroatoms. The predicted molar refractivity (Wildman–Crippen MR) is 239 cm³/mol. The highest BCUT2D eigenvalue weighted by molar-refractivity contribution is 6.00. The summed E-state index contributed by atoms with van der Waals surface area (Å²) in [7, 11) is 0. The highest BCUT2D eigenvalue weighted by atomic mass is 14.5. The van der Waals surface area contributed by atoms with Crippen LogP contribution in [0.5, 0.6) is 0 Å². The van der Waals surface area contributed by atoms with Crippen LogP contribution in [-0.4, -0.2) is 0 Å². The second-order valence-corrected chi connectivity index (χ2v) is 15.6. The van der Waals surface area contributed by atoms with Gasteiger partial charge >= 0.3 is 0 Å². The van der Waals surface area contributed by atoms with Crippen molar-refractivity contribution in [3.05, 3.63) is 241 Å². The van der Waals surface area contributed by atoms with Crippen LogP contribution >= 0.6 is 0 Å². The Morgan fingerprint density at radius 1 is 0.211 bits per heavy atom. The molecular formula is C57H36. The Kier molecular flexibility index (Phi) is 6.94. The Hall–Kier alpha value is -7.28. The van der Waals surface area contributed by atoms with Gasteiger partial charge in [0.15, 0.2) is 0 Å². The first-order chi connectivity index (χ1) is 28.3. The second-order valence-electron chi connectivity index (χ2n) is 15.6. The monoisotopic (exact) mass is 720 g/mol. The third-order valence-electron chi connectivity index (χ3n) is 12.7. The van der Waals surface area contributed by atoms with Crippen LogP contribution in [0.3, 0.4) is 0 Å². The Morgan fingerprint density at radius 3 is 1.02 bits per heavy atom. The van der Waals surface area contributed by atoms with E-state index in [4.69, 9.17) is 0 Å². The molecule has 10 aromatic carbocycles. The van der Waals surface area contributed by atoms with Crippen molar-refractivity contribution in [3.8, 4) is 66.8 Å². The first-order valence-electron chi connectivity index (χ1n) is 19.9. The van der Waals surface area contributed by atoms with Crippen molar-refractivity contribution in [2.45, 2.75) is 5.41 Å². The van der Waals surface area contributed by atoms with E-state index in [1.165, 1.54) is 111 Å². The van der Waals surface area contributed by atoms with E-state index in [0.717, 1.165) is 0 Å². The molecule has 10 aromatic rings. The SMILES string of the molecule is c1ccc2c(c1)-c1ccccc1C21c2cc(-c3ccc(-c4cccc5ccccc45)cc3)ccc2-c2ccc(-c3ccc(-c4cccc5ccccc45)cc3)cc21. The highest BCUT2D eigenvalue weighted by Gasteiger charge is 2.51. The molecular weight excluding hydrogens is 685 g/mol. The van der Waals surface area contributed by atoms with E-state index in [9.17, 15) is 0 Å². The fraction of sp³-hybridized carbons (Fsp3) is 0.0175. The summed E-state index contributed by atoms with van der Waals surface area (Å²) in [4.78, 5) is 0. The van der Waals surface area contributed by atoms with E-state index in [1.807, 2.05) is 0 Å². The molecule has 1 spiro atoms. The topological polar surface area (TPSA) is 0 Å². The quantitative estimate of drug-likeness (QED) is 0.170. The van der Waals surface area contributed by atoms with Gasteiger partial charge in [-0.15, -0.1) is 0 Å². The molecule has 0 unspecified atom stereocenters. The minimum atomic E-state index is -0.435. The summed E-state index contributed by atoms with van der Waals surface area (Å²) in [5.41, 5.74) is 20.2. The number of hydrogen-bond acceptors (Lipinski definition) is 0. The molecule has 0 aromatic heterocycles. The highest BCUT2D eigenvalue weighted by Crippen LogP contribution is 2.63. The molecule has 0 fully saturated rings. The van der Waals surface area contributed by atoms with Crippen molar-refractivity contribution in [2.24, 2.45) is 0 Å². The summed E-state index contributed by atoms with van der Waals surface area (Å²) in [5, 5.41) is 5.09. The normalized spacial score (nSPS) is 13.1. The van der Waals surface area contributed by atoms with Gasteiger partial charge in [0, 0.05) is 0 Å². The van der Waals surface area contributed by atoms with Crippen molar-refractivity contribution in [1.29, 1.82) is 0 Å². The standard InChI is InChI=1S/C57H36/c1-3-15-45-39(11-1)13-9-19-47(45)41-27-23-37(24-28-41)43-31-33-51-52-34-32-44(38-25-29-42(30-26-38)48-20-10-14-40-12-2-4-16-46(40)48)36-56(52)57(55(51)35-43)53-21-7-5-17-49(53)50-18-6-8-22-54(50)57/h1-36H. The van der Waals surface area contributed by atoms with Crippen molar-refractivity contribution < 1.29 is 0 Å². The maximum Gasteiger partial charge on any atom is 0.0725 e. The molecule has 0 heterocycles. The van der Waals surface area contributed by atoms with E-state index in [-0.39, 0.29) is 0 Å². The number of benzene rings is 10. The van der Waals surface area contributed by atoms with Crippen LogP contribution in [0, 0.1) is 0 Å². The van der Waals surface area contributed by atoms with Crippen molar-refractivity contribution in [2.75, 3.05) is 0 Å². The van der Waals surface area contributed by atoms with Gasteiger partial charge in [-0.2, -0.15) is 0 Å². The fourth-order valence-corrected chi connectivity index (χ4v) is 10.1. The van der Waals surface area contributed by atoms with Crippen LogP contribution in [-0.2, 0) is 5.41 Å². The van der Waals surface area contributed by atoms with Crippen LogP contribution < -0.4 is 0 Å². The van der Waals surface area contributed by atoms with E-state index in [0.29, 0.717) is 0 Å². The molecule has 12 rings (SSSR count). The summed E-state index contributed by atoms with van der Waals surface area (Å²) in [6.45, 7) is 0. The average molecular weight is 721 g/mol. The number of rotatable bonds is 4. The summed E-state index contributed by atoms with van der Waals surface area (Å²) >= 11 is 0. The molecule has 57 heavy (non-hydrogen) atoms. The molecule has 0 saturated carbocycles.